The lowest BCUT2D eigenvalue weighted by Gasteiger charge is -2.26. The van der Waals surface area contributed by atoms with Gasteiger partial charge in [-0.2, -0.15) is 5.26 Å². The molecule has 0 bridgehead atoms. The fourth-order valence-electron chi connectivity index (χ4n) is 1.71. The standard InChI is InChI=1S/C13H20N2S/c1-3-5-8-13(4-2,11-14)15-10-12-7-6-9-16-12/h6-7,9,15H,3-5,8,10H2,1-2H3. The van der Waals surface area contributed by atoms with Crippen molar-refractivity contribution in [2.24, 2.45) is 0 Å². The summed E-state index contributed by atoms with van der Waals surface area (Å²) in [5.41, 5.74) is -0.333. The van der Waals surface area contributed by atoms with Crippen LogP contribution in [0.1, 0.15) is 44.4 Å². The third-order valence-electron chi connectivity index (χ3n) is 2.96. The summed E-state index contributed by atoms with van der Waals surface area (Å²) in [5.74, 6) is 0. The number of nitrogens with one attached hydrogen (secondary N) is 1. The molecule has 0 aromatic carbocycles. The van der Waals surface area contributed by atoms with E-state index in [2.05, 4.69) is 36.7 Å². The van der Waals surface area contributed by atoms with Crippen molar-refractivity contribution < 1.29 is 0 Å². The third kappa shape index (κ3) is 3.62. The predicted octanol–water partition coefficient (Wildman–Crippen LogP) is 3.70. The van der Waals surface area contributed by atoms with Gasteiger partial charge < -0.3 is 0 Å². The zero-order valence-electron chi connectivity index (χ0n) is 10.1. The Balaban J connectivity index is 2.53. The first-order chi connectivity index (χ1) is 7.76. The smallest absolute Gasteiger partial charge is 0.106 e. The summed E-state index contributed by atoms with van der Waals surface area (Å²) in [6, 6.07) is 6.61. The summed E-state index contributed by atoms with van der Waals surface area (Å²) >= 11 is 1.74. The molecule has 0 saturated carbocycles. The maximum atomic E-state index is 9.32. The SMILES string of the molecule is CCCCC(C#N)(CC)NCc1cccs1. The first-order valence-electron chi connectivity index (χ1n) is 5.95. The second-order valence-electron chi connectivity index (χ2n) is 4.08. The molecule has 3 heteroatoms. The van der Waals surface area contributed by atoms with Gasteiger partial charge in [-0.3, -0.25) is 5.32 Å². The van der Waals surface area contributed by atoms with Gasteiger partial charge in [0.25, 0.3) is 0 Å². The Morgan fingerprint density at radius 2 is 2.31 bits per heavy atom. The highest BCUT2D eigenvalue weighted by molar-refractivity contribution is 7.09. The predicted molar refractivity (Wildman–Crippen MR) is 69.3 cm³/mol. The molecule has 1 atom stereocenters. The summed E-state index contributed by atoms with van der Waals surface area (Å²) < 4.78 is 0. The quantitative estimate of drug-likeness (QED) is 0.783. The van der Waals surface area contributed by atoms with Crippen LogP contribution in [0.4, 0.5) is 0 Å². The molecule has 0 aliphatic heterocycles. The lowest BCUT2D eigenvalue weighted by Crippen LogP contribution is -2.42. The molecule has 0 saturated heterocycles. The van der Waals surface area contributed by atoms with Crippen molar-refractivity contribution in [3.8, 4) is 6.07 Å². The van der Waals surface area contributed by atoms with Crippen LogP contribution in [-0.2, 0) is 6.54 Å². The van der Waals surface area contributed by atoms with Crippen molar-refractivity contribution in [1.29, 1.82) is 5.26 Å². The molecule has 0 amide bonds. The Hall–Kier alpha value is -0.850. The van der Waals surface area contributed by atoms with E-state index < -0.39 is 0 Å². The topological polar surface area (TPSA) is 35.8 Å². The molecule has 0 aliphatic rings. The molecule has 0 fully saturated rings. The van der Waals surface area contributed by atoms with Crippen LogP contribution < -0.4 is 5.32 Å². The van der Waals surface area contributed by atoms with Gasteiger partial charge in [0.1, 0.15) is 5.54 Å². The summed E-state index contributed by atoms with van der Waals surface area (Å²) in [7, 11) is 0. The first-order valence-corrected chi connectivity index (χ1v) is 6.83. The molecule has 1 unspecified atom stereocenters. The summed E-state index contributed by atoms with van der Waals surface area (Å²) in [4.78, 5) is 1.30. The Kier molecular flexibility index (Phi) is 5.51. The lowest BCUT2D eigenvalue weighted by atomic mass is 9.91. The summed E-state index contributed by atoms with van der Waals surface area (Å²) in [5, 5.41) is 14.8. The number of nitrogens with zero attached hydrogens (tertiary/aromatic N) is 1. The van der Waals surface area contributed by atoms with Crippen molar-refractivity contribution >= 4 is 11.3 Å². The number of hydrogen-bond acceptors (Lipinski definition) is 3. The number of hydrogen-bond donors (Lipinski definition) is 1. The maximum absolute atomic E-state index is 9.32. The van der Waals surface area contributed by atoms with Crippen LogP contribution in [0.5, 0.6) is 0 Å². The van der Waals surface area contributed by atoms with E-state index in [9.17, 15) is 5.26 Å². The van der Waals surface area contributed by atoms with Crippen molar-refractivity contribution in [3.05, 3.63) is 22.4 Å². The minimum absolute atomic E-state index is 0.333. The zero-order chi connectivity index (χ0) is 11.9. The molecule has 88 valence electrons. The first kappa shape index (κ1) is 13.2. The molecule has 1 heterocycles. The van der Waals surface area contributed by atoms with Crippen molar-refractivity contribution in [2.45, 2.75) is 51.6 Å². The van der Waals surface area contributed by atoms with Crippen molar-refractivity contribution in [2.75, 3.05) is 0 Å². The Morgan fingerprint density at radius 1 is 1.50 bits per heavy atom. The molecule has 0 aliphatic carbocycles. The highest BCUT2D eigenvalue weighted by Crippen LogP contribution is 2.19. The van der Waals surface area contributed by atoms with E-state index >= 15 is 0 Å². The summed E-state index contributed by atoms with van der Waals surface area (Å²) in [6.45, 7) is 5.06. The monoisotopic (exact) mass is 236 g/mol. The van der Waals surface area contributed by atoms with Crippen LogP contribution in [0.3, 0.4) is 0 Å². The minimum Gasteiger partial charge on any atom is -0.294 e. The van der Waals surface area contributed by atoms with Crippen molar-refractivity contribution in [1.82, 2.24) is 5.32 Å². The molecule has 1 N–H and O–H groups in total. The lowest BCUT2D eigenvalue weighted by molar-refractivity contribution is 0.361. The van der Waals surface area contributed by atoms with Gasteiger partial charge in [0.05, 0.1) is 6.07 Å². The number of rotatable bonds is 7. The molecule has 0 spiro atoms. The molecule has 16 heavy (non-hydrogen) atoms. The molecule has 0 radical (unpaired) electrons. The van der Waals surface area contributed by atoms with Gasteiger partial charge in [0, 0.05) is 11.4 Å². The Bertz CT molecular complexity index is 326. The highest BCUT2D eigenvalue weighted by Gasteiger charge is 2.26. The average Bonchev–Trinajstić information content (AvgIpc) is 2.83. The summed E-state index contributed by atoms with van der Waals surface area (Å²) in [6.07, 6.45) is 4.07. The van der Waals surface area contributed by atoms with Gasteiger partial charge in [0.15, 0.2) is 0 Å². The van der Waals surface area contributed by atoms with Crippen LogP contribution in [0.15, 0.2) is 17.5 Å². The van der Waals surface area contributed by atoms with E-state index in [4.69, 9.17) is 0 Å². The van der Waals surface area contributed by atoms with Crippen LogP contribution in [0.2, 0.25) is 0 Å². The Morgan fingerprint density at radius 3 is 2.81 bits per heavy atom. The van der Waals surface area contributed by atoms with E-state index in [0.717, 1.165) is 32.2 Å². The second kappa shape index (κ2) is 6.67. The van der Waals surface area contributed by atoms with Gasteiger partial charge in [-0.25, -0.2) is 0 Å². The van der Waals surface area contributed by atoms with Crippen LogP contribution in [0, 0.1) is 11.3 Å². The normalized spacial score (nSPS) is 14.3. The Labute approximate surface area is 102 Å². The molecular weight excluding hydrogens is 216 g/mol. The number of unbranched alkanes of at least 4 members (excludes halogenated alkanes) is 1. The fourth-order valence-corrected chi connectivity index (χ4v) is 2.36. The van der Waals surface area contributed by atoms with E-state index in [1.165, 1.54) is 4.88 Å². The molecular formula is C13H20N2S. The van der Waals surface area contributed by atoms with E-state index in [-0.39, 0.29) is 5.54 Å². The highest BCUT2D eigenvalue weighted by atomic mass is 32.1. The van der Waals surface area contributed by atoms with Crippen LogP contribution >= 0.6 is 11.3 Å². The molecule has 2 nitrogen and oxygen atoms in total. The van der Waals surface area contributed by atoms with Crippen LogP contribution in [0.25, 0.3) is 0 Å². The van der Waals surface area contributed by atoms with E-state index in [0.29, 0.717) is 0 Å². The van der Waals surface area contributed by atoms with Gasteiger partial charge >= 0.3 is 0 Å². The fraction of sp³-hybridized carbons (Fsp3) is 0.615. The number of thiophene rings is 1. The van der Waals surface area contributed by atoms with E-state index in [1.807, 2.05) is 6.07 Å². The minimum atomic E-state index is -0.333. The zero-order valence-corrected chi connectivity index (χ0v) is 10.9. The maximum Gasteiger partial charge on any atom is 0.106 e. The van der Waals surface area contributed by atoms with Gasteiger partial charge in [-0.15, -0.1) is 11.3 Å². The molecule has 1 rings (SSSR count). The third-order valence-corrected chi connectivity index (χ3v) is 3.83. The van der Waals surface area contributed by atoms with Gasteiger partial charge in [0.2, 0.25) is 0 Å². The largest absolute Gasteiger partial charge is 0.294 e. The van der Waals surface area contributed by atoms with E-state index in [1.54, 1.807) is 11.3 Å². The number of nitriles is 1. The van der Waals surface area contributed by atoms with Crippen LogP contribution in [-0.4, -0.2) is 5.54 Å². The van der Waals surface area contributed by atoms with Gasteiger partial charge in [-0.05, 0) is 24.3 Å². The van der Waals surface area contributed by atoms with Crippen molar-refractivity contribution in [3.63, 3.8) is 0 Å². The molecule has 1 aromatic heterocycles. The average molecular weight is 236 g/mol. The van der Waals surface area contributed by atoms with Gasteiger partial charge in [-0.1, -0.05) is 32.8 Å². The molecule has 1 aromatic rings. The second-order valence-corrected chi connectivity index (χ2v) is 5.12.